The van der Waals surface area contributed by atoms with Crippen LogP contribution in [0, 0.1) is 5.92 Å². The molecule has 1 saturated heterocycles. The molecule has 2 aromatic carbocycles. The van der Waals surface area contributed by atoms with Crippen molar-refractivity contribution >= 4 is 0 Å². The summed E-state index contributed by atoms with van der Waals surface area (Å²) in [5.41, 5.74) is 11.0. The molecule has 0 aliphatic carbocycles. The Bertz CT molecular complexity index is 776. The number of ether oxygens (including phenoxy) is 1. The highest BCUT2D eigenvalue weighted by atomic mass is 16.5. The van der Waals surface area contributed by atoms with E-state index in [1.54, 1.807) is 0 Å². The number of hydrogen-bond donors (Lipinski definition) is 0. The Kier molecular flexibility index (Phi) is 6.74. The van der Waals surface area contributed by atoms with Gasteiger partial charge in [-0.15, -0.1) is 0 Å². The van der Waals surface area contributed by atoms with Crippen molar-refractivity contribution in [2.24, 2.45) is 11.0 Å². The maximum Gasteiger partial charge on any atom is 0.130 e. The lowest BCUT2D eigenvalue weighted by atomic mass is 9.96. The smallest absolute Gasteiger partial charge is 0.130 e. The SMILES string of the molecule is CC(C)c1cc(CN2CCC(CN=[N+]=[N-])CC2)ccc1Oc1ccccc1. The zero-order valence-electron chi connectivity index (χ0n) is 16.2. The van der Waals surface area contributed by atoms with E-state index < -0.39 is 0 Å². The second kappa shape index (κ2) is 9.45. The average Bonchev–Trinajstić information content (AvgIpc) is 2.69. The first-order chi connectivity index (χ1) is 13.2. The molecule has 0 bridgehead atoms. The summed E-state index contributed by atoms with van der Waals surface area (Å²) < 4.78 is 6.11. The van der Waals surface area contributed by atoms with Gasteiger partial charge in [-0.3, -0.25) is 4.90 Å². The summed E-state index contributed by atoms with van der Waals surface area (Å²) >= 11 is 0. The van der Waals surface area contributed by atoms with Crippen molar-refractivity contribution in [1.29, 1.82) is 0 Å². The predicted molar refractivity (Wildman–Crippen MR) is 109 cm³/mol. The minimum absolute atomic E-state index is 0.401. The summed E-state index contributed by atoms with van der Waals surface area (Å²) in [5, 5.41) is 3.73. The standard InChI is InChI=1S/C22H28N4O/c1-17(2)21-14-19(8-9-22(21)27-20-6-4-3-5-7-20)16-26-12-10-18(11-13-26)15-24-25-23/h3-9,14,17-18H,10-13,15-16H2,1-2H3. The highest BCUT2D eigenvalue weighted by molar-refractivity contribution is 5.42. The van der Waals surface area contributed by atoms with Crippen molar-refractivity contribution in [1.82, 2.24) is 4.90 Å². The Balaban J connectivity index is 1.65. The first-order valence-corrected chi connectivity index (χ1v) is 9.74. The maximum absolute atomic E-state index is 8.47. The molecule has 1 aliphatic heterocycles. The van der Waals surface area contributed by atoms with Crippen LogP contribution in [0.4, 0.5) is 0 Å². The van der Waals surface area contributed by atoms with Crippen molar-refractivity contribution in [3.8, 4) is 11.5 Å². The van der Waals surface area contributed by atoms with Gasteiger partial charge in [-0.1, -0.05) is 49.3 Å². The van der Waals surface area contributed by atoms with Gasteiger partial charge in [0.25, 0.3) is 0 Å². The second-order valence-electron chi connectivity index (χ2n) is 7.57. The molecule has 0 unspecified atom stereocenters. The van der Waals surface area contributed by atoms with Crippen LogP contribution in [0.2, 0.25) is 0 Å². The van der Waals surface area contributed by atoms with Crippen LogP contribution < -0.4 is 4.74 Å². The summed E-state index contributed by atoms with van der Waals surface area (Å²) in [5.74, 6) is 2.74. The van der Waals surface area contributed by atoms with Crippen LogP contribution in [0.3, 0.4) is 0 Å². The Labute approximate surface area is 161 Å². The molecule has 1 fully saturated rings. The number of piperidine rings is 1. The molecule has 142 valence electrons. The Hall–Kier alpha value is -2.49. The third-order valence-corrected chi connectivity index (χ3v) is 5.18. The van der Waals surface area contributed by atoms with E-state index in [4.69, 9.17) is 10.3 Å². The lowest BCUT2D eigenvalue weighted by molar-refractivity contribution is 0.180. The monoisotopic (exact) mass is 364 g/mol. The van der Waals surface area contributed by atoms with Gasteiger partial charge in [-0.05, 0) is 72.6 Å². The minimum Gasteiger partial charge on any atom is -0.457 e. The van der Waals surface area contributed by atoms with Crippen molar-refractivity contribution in [3.63, 3.8) is 0 Å². The van der Waals surface area contributed by atoms with Crippen LogP contribution in [0.1, 0.15) is 43.7 Å². The van der Waals surface area contributed by atoms with Crippen LogP contribution in [0.15, 0.2) is 53.6 Å². The lowest BCUT2D eigenvalue weighted by Crippen LogP contribution is -2.34. The van der Waals surface area contributed by atoms with Crippen LogP contribution >= 0.6 is 0 Å². The quantitative estimate of drug-likeness (QED) is 0.337. The first-order valence-electron chi connectivity index (χ1n) is 9.74. The first kappa shape index (κ1) is 19.3. The van der Waals surface area contributed by atoms with Crippen molar-refractivity contribution in [3.05, 3.63) is 70.1 Å². The van der Waals surface area contributed by atoms with Gasteiger partial charge in [-0.25, -0.2) is 0 Å². The maximum atomic E-state index is 8.47. The molecule has 0 aromatic heterocycles. The third-order valence-electron chi connectivity index (χ3n) is 5.18. The highest BCUT2D eigenvalue weighted by Gasteiger charge is 2.19. The van der Waals surface area contributed by atoms with Gasteiger partial charge < -0.3 is 4.74 Å². The number of nitrogens with zero attached hydrogens (tertiary/aromatic N) is 4. The van der Waals surface area contributed by atoms with Gasteiger partial charge in [0.2, 0.25) is 0 Å². The van der Waals surface area contributed by atoms with Gasteiger partial charge in [-0.2, -0.15) is 0 Å². The van der Waals surface area contributed by atoms with Gasteiger partial charge in [0.1, 0.15) is 11.5 Å². The number of likely N-dealkylation sites (tertiary alicyclic amines) is 1. The van der Waals surface area contributed by atoms with E-state index in [0.29, 0.717) is 18.4 Å². The van der Waals surface area contributed by atoms with Crippen molar-refractivity contribution in [2.45, 2.75) is 39.2 Å². The summed E-state index contributed by atoms with van der Waals surface area (Å²) in [6.07, 6.45) is 2.20. The van der Waals surface area contributed by atoms with Crippen molar-refractivity contribution < 1.29 is 4.74 Å². The molecule has 0 amide bonds. The van der Waals surface area contributed by atoms with E-state index in [0.717, 1.165) is 44.0 Å². The molecule has 5 heteroatoms. The van der Waals surface area contributed by atoms with E-state index in [2.05, 4.69) is 47.0 Å². The van der Waals surface area contributed by atoms with E-state index >= 15 is 0 Å². The molecule has 0 spiro atoms. The number of azide groups is 1. The summed E-state index contributed by atoms with van der Waals surface area (Å²) in [6, 6.07) is 16.5. The predicted octanol–water partition coefficient (Wildman–Crippen LogP) is 6.12. The minimum atomic E-state index is 0.401. The molecule has 1 aliphatic rings. The van der Waals surface area contributed by atoms with Crippen LogP contribution in [0.25, 0.3) is 10.4 Å². The fourth-order valence-electron chi connectivity index (χ4n) is 3.59. The topological polar surface area (TPSA) is 61.2 Å². The van der Waals surface area contributed by atoms with Gasteiger partial charge in [0.15, 0.2) is 0 Å². The van der Waals surface area contributed by atoms with E-state index in [1.165, 1.54) is 11.1 Å². The second-order valence-corrected chi connectivity index (χ2v) is 7.57. The third kappa shape index (κ3) is 5.49. The summed E-state index contributed by atoms with van der Waals surface area (Å²) in [6.45, 7) is 8.12. The van der Waals surface area contributed by atoms with Crippen LogP contribution in [-0.2, 0) is 6.54 Å². The molecule has 27 heavy (non-hydrogen) atoms. The Morgan fingerprint density at radius 1 is 1.15 bits per heavy atom. The Morgan fingerprint density at radius 2 is 1.89 bits per heavy atom. The fraction of sp³-hybridized carbons (Fsp3) is 0.455. The molecule has 0 saturated carbocycles. The summed E-state index contributed by atoms with van der Waals surface area (Å²) in [4.78, 5) is 5.37. The molecule has 1 heterocycles. The van der Waals surface area contributed by atoms with Gasteiger partial charge >= 0.3 is 0 Å². The molecular formula is C22H28N4O. The number of hydrogen-bond acceptors (Lipinski definition) is 3. The number of para-hydroxylation sites is 1. The highest BCUT2D eigenvalue weighted by Crippen LogP contribution is 2.32. The number of rotatable bonds is 7. The molecule has 0 atom stereocenters. The molecule has 5 nitrogen and oxygen atoms in total. The van der Waals surface area contributed by atoms with Gasteiger partial charge in [0.05, 0.1) is 0 Å². The molecular weight excluding hydrogens is 336 g/mol. The number of benzene rings is 2. The zero-order valence-corrected chi connectivity index (χ0v) is 16.2. The Morgan fingerprint density at radius 3 is 2.56 bits per heavy atom. The average molecular weight is 364 g/mol. The van der Waals surface area contributed by atoms with Crippen LogP contribution in [0.5, 0.6) is 11.5 Å². The molecule has 0 N–H and O–H groups in total. The fourth-order valence-corrected chi connectivity index (χ4v) is 3.59. The zero-order chi connectivity index (χ0) is 19.1. The molecule has 3 rings (SSSR count). The molecule has 0 radical (unpaired) electrons. The van der Waals surface area contributed by atoms with Gasteiger partial charge in [0, 0.05) is 18.0 Å². The van der Waals surface area contributed by atoms with Crippen LogP contribution in [-0.4, -0.2) is 24.5 Å². The molecule has 2 aromatic rings. The largest absolute Gasteiger partial charge is 0.457 e. The van der Waals surface area contributed by atoms with E-state index in [9.17, 15) is 0 Å². The van der Waals surface area contributed by atoms with E-state index in [-0.39, 0.29) is 0 Å². The normalized spacial score (nSPS) is 15.5. The van der Waals surface area contributed by atoms with Crippen molar-refractivity contribution in [2.75, 3.05) is 19.6 Å². The summed E-state index contributed by atoms with van der Waals surface area (Å²) in [7, 11) is 0. The lowest BCUT2D eigenvalue weighted by Gasteiger charge is -2.31. The van der Waals surface area contributed by atoms with E-state index in [1.807, 2.05) is 30.3 Å².